The van der Waals surface area contributed by atoms with Crippen LogP contribution in [0.4, 0.5) is 17.6 Å². The van der Waals surface area contributed by atoms with Crippen LogP contribution >= 0.6 is 35.3 Å². The van der Waals surface area contributed by atoms with Gasteiger partial charge < -0.3 is 15.4 Å². The van der Waals surface area contributed by atoms with Crippen LogP contribution < -0.4 is 10.6 Å². The molecule has 0 atom stereocenters. The summed E-state index contributed by atoms with van der Waals surface area (Å²) in [5.41, 5.74) is -0.701. The normalized spacial score (nSPS) is 17.2. The summed E-state index contributed by atoms with van der Waals surface area (Å²) >= 11 is 7.57. The minimum absolute atomic E-state index is 0.0208. The number of amides is 2. The lowest BCUT2D eigenvalue weighted by molar-refractivity contribution is -0.144. The number of rotatable bonds is 11. The molecule has 0 saturated carbocycles. The van der Waals surface area contributed by atoms with Gasteiger partial charge in [-0.3, -0.25) is 24.2 Å². The van der Waals surface area contributed by atoms with Gasteiger partial charge in [-0.1, -0.05) is 30.0 Å². The van der Waals surface area contributed by atoms with Crippen molar-refractivity contribution < 1.29 is 36.7 Å². The van der Waals surface area contributed by atoms with Crippen molar-refractivity contribution in [2.24, 2.45) is 0 Å². The third-order valence-corrected chi connectivity index (χ3v) is 8.72. The Labute approximate surface area is 253 Å². The van der Waals surface area contributed by atoms with Crippen molar-refractivity contribution in [2.45, 2.75) is 19.0 Å². The summed E-state index contributed by atoms with van der Waals surface area (Å²) < 4.78 is 58.4. The number of thioether (sulfide) groups is 1. The highest BCUT2D eigenvalue weighted by Gasteiger charge is 2.35. The second-order valence-electron chi connectivity index (χ2n) is 9.43. The zero-order valence-electron chi connectivity index (χ0n) is 22.3. The van der Waals surface area contributed by atoms with Crippen LogP contribution in [-0.4, -0.2) is 84.3 Å². The molecular formula is C27H28F4N4O4S3. The van der Waals surface area contributed by atoms with Crippen molar-refractivity contribution in [1.82, 2.24) is 20.4 Å². The number of thiophene rings is 1. The highest BCUT2D eigenvalue weighted by Crippen LogP contribution is 2.37. The molecule has 2 saturated heterocycles. The Kier molecular flexibility index (Phi) is 11.1. The van der Waals surface area contributed by atoms with Crippen LogP contribution in [0.3, 0.4) is 0 Å². The van der Waals surface area contributed by atoms with E-state index in [2.05, 4.69) is 15.5 Å². The number of benzene rings is 1. The van der Waals surface area contributed by atoms with Gasteiger partial charge in [-0.15, -0.1) is 11.3 Å². The first-order valence-corrected chi connectivity index (χ1v) is 15.2. The van der Waals surface area contributed by atoms with Crippen LogP contribution in [0.1, 0.15) is 23.3 Å². The Balaban J connectivity index is 1.22. The van der Waals surface area contributed by atoms with E-state index in [0.717, 1.165) is 50.1 Å². The molecule has 1 aromatic carbocycles. The fraction of sp³-hybridized carbons (Fsp3) is 0.407. The van der Waals surface area contributed by atoms with Gasteiger partial charge in [-0.25, -0.2) is 4.39 Å². The van der Waals surface area contributed by atoms with E-state index >= 15 is 0 Å². The number of carbonyl (C=O) groups excluding carboxylic acids is 3. The number of piperazine rings is 1. The summed E-state index contributed by atoms with van der Waals surface area (Å²) in [6.07, 6.45) is -3.22. The molecule has 42 heavy (non-hydrogen) atoms. The number of hydrogen-bond acceptors (Lipinski definition) is 9. The number of alkyl halides is 3. The molecule has 0 radical (unpaired) electrons. The third kappa shape index (κ3) is 8.83. The molecule has 2 fully saturated rings. The fourth-order valence-electron chi connectivity index (χ4n) is 4.23. The van der Waals surface area contributed by atoms with Crippen LogP contribution in [0.15, 0.2) is 34.6 Å². The average Bonchev–Trinajstić information content (AvgIpc) is 3.51. The van der Waals surface area contributed by atoms with Gasteiger partial charge in [0.25, 0.3) is 5.91 Å². The molecule has 0 unspecified atom stereocenters. The lowest BCUT2D eigenvalue weighted by Gasteiger charge is -2.26. The van der Waals surface area contributed by atoms with Crippen LogP contribution in [0, 0.1) is 5.82 Å². The molecule has 2 amide bonds. The van der Waals surface area contributed by atoms with E-state index in [0.29, 0.717) is 28.5 Å². The van der Waals surface area contributed by atoms with Gasteiger partial charge in [0.2, 0.25) is 5.91 Å². The number of nitrogens with zero attached hydrogens (tertiary/aromatic N) is 2. The average molecular weight is 645 g/mol. The first-order chi connectivity index (χ1) is 20.0. The fourth-order valence-corrected chi connectivity index (χ4v) is 6.45. The molecule has 15 heteroatoms. The molecular weight excluding hydrogens is 617 g/mol. The highest BCUT2D eigenvalue weighted by atomic mass is 32.2. The summed E-state index contributed by atoms with van der Waals surface area (Å²) in [5.74, 6) is -2.48. The van der Waals surface area contributed by atoms with Crippen molar-refractivity contribution in [3.63, 3.8) is 0 Å². The van der Waals surface area contributed by atoms with Gasteiger partial charge >= 0.3 is 12.1 Å². The molecule has 0 aliphatic carbocycles. The topological polar surface area (TPSA) is 91.0 Å². The van der Waals surface area contributed by atoms with Crippen molar-refractivity contribution in [2.75, 3.05) is 52.4 Å². The Morgan fingerprint density at radius 3 is 2.62 bits per heavy atom. The van der Waals surface area contributed by atoms with Gasteiger partial charge in [0.05, 0.1) is 16.9 Å². The predicted octanol–water partition coefficient (Wildman–Crippen LogP) is 4.12. The number of carbonyl (C=O) groups is 3. The van der Waals surface area contributed by atoms with E-state index in [9.17, 15) is 31.9 Å². The maximum absolute atomic E-state index is 13.6. The molecule has 3 heterocycles. The van der Waals surface area contributed by atoms with Crippen LogP contribution in [0.5, 0.6) is 0 Å². The van der Waals surface area contributed by atoms with Gasteiger partial charge in [0, 0.05) is 57.1 Å². The van der Waals surface area contributed by atoms with E-state index in [1.807, 2.05) is 0 Å². The van der Waals surface area contributed by atoms with Crippen molar-refractivity contribution in [1.29, 1.82) is 0 Å². The molecule has 8 nitrogen and oxygen atoms in total. The molecule has 0 spiro atoms. The maximum Gasteiger partial charge on any atom is 0.419 e. The summed E-state index contributed by atoms with van der Waals surface area (Å²) in [6, 6.07) is 4.40. The summed E-state index contributed by atoms with van der Waals surface area (Å²) in [4.78, 5) is 41.5. The minimum atomic E-state index is -4.82. The zero-order chi connectivity index (χ0) is 30.3. The van der Waals surface area contributed by atoms with E-state index in [1.165, 1.54) is 22.3 Å². The SMILES string of the molecule is O=C(CCN1C(=O)C(=Cc2cc(-c3ccc(F)c(C(F)(F)F)c3)cs2)SC1=S)NCCC(=O)OCCN1CCNCC1. The second kappa shape index (κ2) is 14.6. The Morgan fingerprint density at radius 2 is 1.88 bits per heavy atom. The standard InChI is InChI=1S/C27H28F4N4O4S3/c28-21-2-1-17(14-20(21)27(29,30)31)18-13-19(41-16-18)15-22-25(38)35(26(40)42-22)8-4-23(36)33-5-3-24(37)39-12-11-34-9-6-32-7-10-34/h1-2,13-16,32H,3-12H2,(H,33,36). The molecule has 226 valence electrons. The molecule has 2 aromatic rings. The summed E-state index contributed by atoms with van der Waals surface area (Å²) in [5, 5.41) is 7.51. The van der Waals surface area contributed by atoms with E-state index < -0.39 is 23.5 Å². The van der Waals surface area contributed by atoms with Gasteiger partial charge in [-0.05, 0) is 40.8 Å². The maximum atomic E-state index is 13.6. The molecule has 2 N–H and O–H groups in total. The quantitative estimate of drug-likeness (QED) is 0.164. The van der Waals surface area contributed by atoms with Crippen molar-refractivity contribution >= 4 is 63.5 Å². The number of hydrogen-bond donors (Lipinski definition) is 2. The zero-order valence-corrected chi connectivity index (χ0v) is 24.7. The van der Waals surface area contributed by atoms with Crippen LogP contribution in [-0.2, 0) is 25.3 Å². The monoisotopic (exact) mass is 644 g/mol. The van der Waals surface area contributed by atoms with Gasteiger partial charge in [0.1, 0.15) is 16.7 Å². The predicted molar refractivity (Wildman–Crippen MR) is 157 cm³/mol. The number of esters is 1. The lowest BCUT2D eigenvalue weighted by Crippen LogP contribution is -2.44. The van der Waals surface area contributed by atoms with Crippen LogP contribution in [0.25, 0.3) is 17.2 Å². The Hall–Kier alpha value is -2.85. The Morgan fingerprint density at radius 1 is 1.12 bits per heavy atom. The number of halogens is 4. The number of ether oxygens (including phenoxy) is 1. The van der Waals surface area contributed by atoms with E-state index in [1.54, 1.807) is 17.5 Å². The number of thiocarbonyl (C=S) groups is 1. The highest BCUT2D eigenvalue weighted by molar-refractivity contribution is 8.26. The van der Waals surface area contributed by atoms with Crippen molar-refractivity contribution in [3.05, 3.63) is 50.8 Å². The van der Waals surface area contributed by atoms with Gasteiger partial charge in [-0.2, -0.15) is 13.2 Å². The first-order valence-electron chi connectivity index (χ1n) is 13.1. The molecule has 2 aliphatic rings. The molecule has 2 aliphatic heterocycles. The van der Waals surface area contributed by atoms with Gasteiger partial charge in [0.15, 0.2) is 0 Å². The third-order valence-electron chi connectivity index (χ3n) is 6.47. The van der Waals surface area contributed by atoms with E-state index in [4.69, 9.17) is 17.0 Å². The van der Waals surface area contributed by atoms with Crippen LogP contribution in [0.2, 0.25) is 0 Å². The largest absolute Gasteiger partial charge is 0.464 e. The summed E-state index contributed by atoms with van der Waals surface area (Å²) in [7, 11) is 0. The molecule has 0 bridgehead atoms. The minimum Gasteiger partial charge on any atom is -0.464 e. The number of nitrogens with one attached hydrogen (secondary N) is 2. The van der Waals surface area contributed by atoms with E-state index in [-0.39, 0.29) is 47.6 Å². The second-order valence-corrected chi connectivity index (χ2v) is 12.0. The van der Waals surface area contributed by atoms with Crippen molar-refractivity contribution in [3.8, 4) is 11.1 Å². The molecule has 4 rings (SSSR count). The summed E-state index contributed by atoms with van der Waals surface area (Å²) in [6.45, 7) is 4.78. The Bertz CT molecular complexity index is 1360. The molecule has 1 aromatic heterocycles. The first kappa shape index (κ1) is 32.1. The lowest BCUT2D eigenvalue weighted by atomic mass is 10.0. The smallest absolute Gasteiger partial charge is 0.419 e.